The van der Waals surface area contributed by atoms with Crippen LogP contribution >= 0.6 is 11.8 Å². The molecular weight excluding hydrogens is 341 g/mol. The van der Waals surface area contributed by atoms with Crippen molar-refractivity contribution in [2.45, 2.75) is 43.5 Å². The normalized spacial score (nSPS) is 23.8. The Balaban J connectivity index is 1.44. The Bertz CT molecular complexity index is 625. The van der Waals surface area contributed by atoms with Gasteiger partial charge in [0.2, 0.25) is 11.8 Å². The number of nitrogens with one attached hydrogen (secondary N) is 2. The molecule has 0 spiro atoms. The molecule has 0 saturated carbocycles. The lowest BCUT2D eigenvalue weighted by Gasteiger charge is -2.27. The Morgan fingerprint density at radius 2 is 2.00 bits per heavy atom. The van der Waals surface area contributed by atoms with Crippen molar-refractivity contribution in [1.29, 1.82) is 0 Å². The van der Waals surface area contributed by atoms with E-state index < -0.39 is 0 Å². The average molecular weight is 365 g/mol. The van der Waals surface area contributed by atoms with Crippen molar-refractivity contribution in [2.75, 3.05) is 24.2 Å². The van der Waals surface area contributed by atoms with Gasteiger partial charge in [-0.05, 0) is 50.5 Å². The molecule has 2 bridgehead atoms. The largest absolute Gasteiger partial charge is 0.340 e. The summed E-state index contributed by atoms with van der Waals surface area (Å²) in [7, 11) is 0. The Hall–Kier alpha value is -1.60. The second kappa shape index (κ2) is 8.19. The van der Waals surface area contributed by atoms with E-state index >= 15 is 0 Å². The first-order valence-corrected chi connectivity index (χ1v) is 9.78. The van der Waals surface area contributed by atoms with E-state index in [0.717, 1.165) is 25.9 Å². The van der Waals surface area contributed by atoms with Gasteiger partial charge in [0.1, 0.15) is 5.82 Å². The minimum atomic E-state index is -0.341. The van der Waals surface area contributed by atoms with Crippen molar-refractivity contribution in [1.82, 2.24) is 10.2 Å². The number of carbonyl (C=O) groups excluding carboxylic acids is 2. The number of carbonyl (C=O) groups is 2. The average Bonchev–Trinajstić information content (AvgIpc) is 2.93. The first-order chi connectivity index (χ1) is 12.0. The lowest BCUT2D eigenvalue weighted by atomic mass is 10.1. The van der Waals surface area contributed by atoms with E-state index in [2.05, 4.69) is 10.6 Å². The number of hydrogen-bond donors (Lipinski definition) is 2. The van der Waals surface area contributed by atoms with Crippen LogP contribution in [0.3, 0.4) is 0 Å². The van der Waals surface area contributed by atoms with E-state index in [1.54, 1.807) is 0 Å². The molecule has 2 amide bonds. The highest BCUT2D eigenvalue weighted by Crippen LogP contribution is 2.22. The zero-order valence-corrected chi connectivity index (χ0v) is 15.2. The maximum atomic E-state index is 12.9. The van der Waals surface area contributed by atoms with Gasteiger partial charge in [0.05, 0.1) is 11.0 Å². The number of benzene rings is 1. The van der Waals surface area contributed by atoms with Crippen LogP contribution in [0.4, 0.5) is 10.1 Å². The fourth-order valence-corrected chi connectivity index (χ4v) is 4.17. The monoisotopic (exact) mass is 365 g/mol. The van der Waals surface area contributed by atoms with Crippen molar-refractivity contribution in [3.8, 4) is 0 Å². The molecule has 0 radical (unpaired) electrons. The third-order valence-corrected chi connectivity index (χ3v) is 5.91. The number of thioether (sulfide) groups is 1. The fraction of sp³-hybridized carbons (Fsp3) is 0.556. The highest BCUT2D eigenvalue weighted by Gasteiger charge is 2.32. The Morgan fingerprint density at radius 3 is 2.76 bits per heavy atom. The second-order valence-corrected chi connectivity index (χ2v) is 8.05. The lowest BCUT2D eigenvalue weighted by Crippen LogP contribution is -2.42. The van der Waals surface area contributed by atoms with Gasteiger partial charge in [-0.15, -0.1) is 11.8 Å². The number of halogens is 1. The molecule has 3 rings (SSSR count). The summed E-state index contributed by atoms with van der Waals surface area (Å²) in [4.78, 5) is 26.6. The summed E-state index contributed by atoms with van der Waals surface area (Å²) in [6, 6.07) is 6.60. The molecule has 25 heavy (non-hydrogen) atoms. The highest BCUT2D eigenvalue weighted by atomic mass is 32.2. The zero-order valence-electron chi connectivity index (χ0n) is 14.3. The molecule has 2 fully saturated rings. The van der Waals surface area contributed by atoms with E-state index in [1.807, 2.05) is 11.8 Å². The first kappa shape index (κ1) is 18.2. The first-order valence-electron chi connectivity index (χ1n) is 8.73. The second-order valence-electron chi connectivity index (χ2n) is 6.72. The van der Waals surface area contributed by atoms with Crippen LogP contribution in [0.2, 0.25) is 0 Å². The molecule has 2 aliphatic rings. The summed E-state index contributed by atoms with van der Waals surface area (Å²) in [5.74, 6) is -0.225. The fourth-order valence-electron chi connectivity index (χ4n) is 3.40. The van der Waals surface area contributed by atoms with Crippen molar-refractivity contribution >= 4 is 29.3 Å². The summed E-state index contributed by atoms with van der Waals surface area (Å²) in [5.41, 5.74) is 0.556. The van der Waals surface area contributed by atoms with Crippen LogP contribution < -0.4 is 10.6 Å². The number of nitrogens with zero attached hydrogens (tertiary/aromatic N) is 1. The van der Waals surface area contributed by atoms with Gasteiger partial charge >= 0.3 is 0 Å². The van der Waals surface area contributed by atoms with Gasteiger partial charge in [0.15, 0.2) is 0 Å². The van der Waals surface area contributed by atoms with Crippen LogP contribution in [0.1, 0.15) is 26.2 Å². The quantitative estimate of drug-likeness (QED) is 0.840. The standard InChI is InChI=1S/C18H24FN3O2S/c1-12(18(24)22-9-8-15-6-7-16(10-22)20-15)25-11-17(23)21-14-4-2-13(19)3-5-14/h2-5,12,15-16,20H,6-11H2,1H3,(H,21,23). The molecule has 136 valence electrons. The van der Waals surface area contributed by atoms with Gasteiger partial charge in [0, 0.05) is 30.9 Å². The minimum absolute atomic E-state index is 0.105. The predicted octanol–water partition coefficient (Wildman–Crippen LogP) is 2.24. The number of hydrogen-bond acceptors (Lipinski definition) is 4. The number of fused-ring (bicyclic) bond motifs is 2. The van der Waals surface area contributed by atoms with Crippen LogP contribution in [0.25, 0.3) is 0 Å². The Labute approximate surface area is 151 Å². The van der Waals surface area contributed by atoms with Crippen molar-refractivity contribution in [2.24, 2.45) is 0 Å². The molecule has 5 nitrogen and oxygen atoms in total. The molecule has 3 atom stereocenters. The third-order valence-electron chi connectivity index (χ3n) is 4.78. The molecule has 2 N–H and O–H groups in total. The Kier molecular flexibility index (Phi) is 5.96. The van der Waals surface area contributed by atoms with E-state index in [0.29, 0.717) is 17.8 Å². The summed E-state index contributed by atoms with van der Waals surface area (Å²) in [5, 5.41) is 6.03. The minimum Gasteiger partial charge on any atom is -0.340 e. The molecule has 0 aliphatic carbocycles. The highest BCUT2D eigenvalue weighted by molar-refractivity contribution is 8.01. The van der Waals surface area contributed by atoms with Crippen LogP contribution in [-0.4, -0.2) is 52.9 Å². The van der Waals surface area contributed by atoms with Crippen LogP contribution in [-0.2, 0) is 9.59 Å². The van der Waals surface area contributed by atoms with E-state index in [1.165, 1.54) is 42.4 Å². The van der Waals surface area contributed by atoms with Gasteiger partial charge in [-0.25, -0.2) is 4.39 Å². The molecule has 0 aromatic heterocycles. The third kappa shape index (κ3) is 4.95. The summed E-state index contributed by atoms with van der Waals surface area (Å²) in [6.07, 6.45) is 3.35. The number of anilines is 1. The summed E-state index contributed by atoms with van der Waals surface area (Å²) < 4.78 is 12.9. The smallest absolute Gasteiger partial charge is 0.235 e. The predicted molar refractivity (Wildman–Crippen MR) is 98.1 cm³/mol. The summed E-state index contributed by atoms with van der Waals surface area (Å²) in [6.45, 7) is 3.41. The number of amides is 2. The molecule has 7 heteroatoms. The molecule has 3 unspecified atom stereocenters. The number of likely N-dealkylation sites (tertiary alicyclic amines) is 1. The molecule has 2 aliphatic heterocycles. The van der Waals surface area contributed by atoms with Crippen LogP contribution in [0, 0.1) is 5.82 Å². The van der Waals surface area contributed by atoms with Gasteiger partial charge in [-0.2, -0.15) is 0 Å². The van der Waals surface area contributed by atoms with E-state index in [-0.39, 0.29) is 28.6 Å². The Morgan fingerprint density at radius 1 is 1.28 bits per heavy atom. The van der Waals surface area contributed by atoms with Crippen molar-refractivity contribution < 1.29 is 14.0 Å². The van der Waals surface area contributed by atoms with Crippen molar-refractivity contribution in [3.63, 3.8) is 0 Å². The molecule has 2 saturated heterocycles. The van der Waals surface area contributed by atoms with Crippen LogP contribution in [0.5, 0.6) is 0 Å². The van der Waals surface area contributed by atoms with E-state index in [4.69, 9.17) is 0 Å². The zero-order chi connectivity index (χ0) is 17.8. The van der Waals surface area contributed by atoms with Crippen LogP contribution in [0.15, 0.2) is 24.3 Å². The topological polar surface area (TPSA) is 61.4 Å². The maximum Gasteiger partial charge on any atom is 0.235 e. The maximum absolute atomic E-state index is 12.9. The van der Waals surface area contributed by atoms with Gasteiger partial charge in [-0.3, -0.25) is 9.59 Å². The van der Waals surface area contributed by atoms with Gasteiger partial charge in [-0.1, -0.05) is 0 Å². The molecule has 2 heterocycles. The lowest BCUT2D eigenvalue weighted by molar-refractivity contribution is -0.130. The van der Waals surface area contributed by atoms with E-state index in [9.17, 15) is 14.0 Å². The summed E-state index contributed by atoms with van der Waals surface area (Å²) >= 11 is 1.34. The number of rotatable bonds is 5. The van der Waals surface area contributed by atoms with Crippen molar-refractivity contribution in [3.05, 3.63) is 30.1 Å². The molecule has 1 aromatic carbocycles. The SMILES string of the molecule is CC(SCC(=O)Nc1ccc(F)cc1)C(=O)N1CCC2CCC(C1)N2. The molecular formula is C18H24FN3O2S. The molecule has 1 aromatic rings. The van der Waals surface area contributed by atoms with Gasteiger partial charge < -0.3 is 15.5 Å². The van der Waals surface area contributed by atoms with Gasteiger partial charge in [0.25, 0.3) is 0 Å².